The highest BCUT2D eigenvalue weighted by Gasteiger charge is 2.34. The fourth-order valence-corrected chi connectivity index (χ4v) is 5.41. The Bertz CT molecular complexity index is 1260. The van der Waals surface area contributed by atoms with Gasteiger partial charge < -0.3 is 54.2 Å². The molecule has 0 radical (unpaired) electrons. The largest absolute Gasteiger partial charge is 0.480 e. The predicted octanol–water partition coefficient (Wildman–Crippen LogP) is -2.08. The lowest BCUT2D eigenvalue weighted by molar-refractivity contribution is -0.143. The Morgan fingerprint density at radius 3 is 1.51 bits per heavy atom. The number of carbonyl (C=O) groups excluding carboxylic acids is 7. The molecule has 18 nitrogen and oxygen atoms in total. The maximum absolute atomic E-state index is 13.5. The van der Waals surface area contributed by atoms with Crippen LogP contribution < -0.4 is 49.1 Å². The first-order chi connectivity index (χ1) is 24.7. The van der Waals surface area contributed by atoms with Crippen molar-refractivity contribution in [2.24, 2.45) is 35.0 Å². The molecular formula is C33H61N9O9S2. The van der Waals surface area contributed by atoms with E-state index in [1.165, 1.54) is 0 Å². The average molecular weight is 792 g/mol. The summed E-state index contributed by atoms with van der Waals surface area (Å²) in [4.78, 5) is 103. The number of unbranched alkanes of at least 4 members (excludes halogenated alkanes) is 1. The van der Waals surface area contributed by atoms with Gasteiger partial charge in [0, 0.05) is 11.5 Å². The van der Waals surface area contributed by atoms with Crippen molar-refractivity contribution in [3.8, 4) is 0 Å². The molecule has 8 unspecified atom stereocenters. The molecule has 7 amide bonds. The predicted molar refractivity (Wildman–Crippen MR) is 205 cm³/mol. The quantitative estimate of drug-likeness (QED) is 0.0333. The van der Waals surface area contributed by atoms with Gasteiger partial charge >= 0.3 is 5.97 Å². The number of hydrogen-bond donors (Lipinski definition) is 12. The summed E-state index contributed by atoms with van der Waals surface area (Å²) in [6.45, 7) is 10.8. The van der Waals surface area contributed by atoms with Gasteiger partial charge in [-0.2, -0.15) is 25.3 Å². The van der Waals surface area contributed by atoms with E-state index >= 15 is 0 Å². The van der Waals surface area contributed by atoms with Gasteiger partial charge in [-0.15, -0.1) is 0 Å². The molecule has 0 aromatic rings. The smallest absolute Gasteiger partial charge is 0.326 e. The molecule has 0 heterocycles. The Balaban J connectivity index is 5.93. The number of hydrogen-bond acceptors (Lipinski definition) is 12. The summed E-state index contributed by atoms with van der Waals surface area (Å²) in [6.07, 6.45) is 1.20. The van der Waals surface area contributed by atoms with Gasteiger partial charge in [0.1, 0.15) is 36.3 Å². The number of aliphatic carboxylic acids is 1. The zero-order valence-corrected chi connectivity index (χ0v) is 33.3. The molecule has 8 atom stereocenters. The van der Waals surface area contributed by atoms with Crippen molar-refractivity contribution in [2.75, 3.05) is 18.1 Å². The first kappa shape index (κ1) is 49.4. The Labute approximate surface area is 322 Å². The Kier molecular flexibility index (Phi) is 23.7. The normalized spacial score (nSPS) is 15.8. The zero-order chi connectivity index (χ0) is 41.0. The van der Waals surface area contributed by atoms with Crippen LogP contribution in [0.25, 0.3) is 0 Å². The number of carbonyl (C=O) groups is 8. The third kappa shape index (κ3) is 18.3. The van der Waals surface area contributed by atoms with Crippen molar-refractivity contribution in [2.45, 2.75) is 122 Å². The molecule has 0 fully saturated rings. The highest BCUT2D eigenvalue weighted by Crippen LogP contribution is 2.10. The van der Waals surface area contributed by atoms with Crippen LogP contribution in [0.3, 0.4) is 0 Å². The molecule has 0 aliphatic rings. The average Bonchev–Trinajstić information content (AvgIpc) is 3.08. The first-order valence-corrected chi connectivity index (χ1v) is 19.0. The van der Waals surface area contributed by atoms with E-state index in [2.05, 4.69) is 57.2 Å². The van der Waals surface area contributed by atoms with Crippen molar-refractivity contribution in [1.82, 2.24) is 31.9 Å². The van der Waals surface area contributed by atoms with E-state index in [-0.39, 0.29) is 36.2 Å². The molecule has 53 heavy (non-hydrogen) atoms. The van der Waals surface area contributed by atoms with Crippen LogP contribution in [0.1, 0.15) is 80.1 Å². The van der Waals surface area contributed by atoms with E-state index in [0.29, 0.717) is 25.8 Å². The van der Waals surface area contributed by atoms with E-state index in [0.717, 1.165) is 0 Å². The molecule has 0 saturated heterocycles. The summed E-state index contributed by atoms with van der Waals surface area (Å²) in [5.41, 5.74) is 16.9. The lowest BCUT2D eigenvalue weighted by Crippen LogP contribution is -2.61. The number of carboxylic acids is 1. The molecular weight excluding hydrogens is 731 g/mol. The first-order valence-electron chi connectivity index (χ1n) is 17.7. The van der Waals surface area contributed by atoms with E-state index in [9.17, 15) is 43.5 Å². The Hall–Kier alpha value is -3.62. The van der Waals surface area contributed by atoms with Gasteiger partial charge in [-0.1, -0.05) is 48.0 Å². The molecule has 0 aliphatic carbocycles. The van der Waals surface area contributed by atoms with Gasteiger partial charge in [-0.3, -0.25) is 33.6 Å². The van der Waals surface area contributed by atoms with Gasteiger partial charge in [-0.05, 0) is 50.0 Å². The van der Waals surface area contributed by atoms with Crippen LogP contribution in [0, 0.1) is 17.8 Å². The van der Waals surface area contributed by atoms with Crippen molar-refractivity contribution < 1.29 is 43.5 Å². The second kappa shape index (κ2) is 25.4. The fourth-order valence-electron chi connectivity index (χ4n) is 4.90. The summed E-state index contributed by atoms with van der Waals surface area (Å²) < 4.78 is 0. The Morgan fingerprint density at radius 2 is 1.09 bits per heavy atom. The number of nitrogens with one attached hydrogen (secondary N) is 6. The summed E-state index contributed by atoms with van der Waals surface area (Å²) in [5, 5.41) is 24.5. The third-order valence-electron chi connectivity index (χ3n) is 8.38. The van der Waals surface area contributed by atoms with Gasteiger partial charge in [0.15, 0.2) is 0 Å². The molecule has 0 bridgehead atoms. The molecule has 0 aromatic carbocycles. The molecule has 0 aromatic heterocycles. The number of primary amides is 1. The summed E-state index contributed by atoms with van der Waals surface area (Å²) in [6, 6.07) is -8.60. The molecule has 0 spiro atoms. The minimum atomic E-state index is -1.45. The van der Waals surface area contributed by atoms with Crippen LogP contribution in [0.2, 0.25) is 0 Å². The number of carboxylic acid groups (broad SMARTS) is 1. The summed E-state index contributed by atoms with van der Waals surface area (Å²) in [7, 11) is 0. The molecule has 0 rings (SSSR count). The topological polar surface area (TPSA) is 307 Å². The molecule has 0 aliphatic heterocycles. The zero-order valence-electron chi connectivity index (χ0n) is 31.5. The SMILES string of the molecule is CCC(C)C(N)C(=O)NC(CC(N)=O)C(=O)NC(CS)C(=O)NC(CS)C(=O)NC(CCCCN)C(=O)NC(C(=O)NC(CC(C)C)C(=O)O)C(C)C. The van der Waals surface area contributed by atoms with Gasteiger partial charge in [0.05, 0.1) is 12.5 Å². The minimum absolute atomic E-state index is 0.0320. The molecule has 13 N–H and O–H groups in total. The van der Waals surface area contributed by atoms with Crippen molar-refractivity contribution >= 4 is 72.6 Å². The van der Waals surface area contributed by atoms with Gasteiger partial charge in [-0.25, -0.2) is 4.79 Å². The maximum atomic E-state index is 13.5. The highest BCUT2D eigenvalue weighted by atomic mass is 32.1. The van der Waals surface area contributed by atoms with Crippen LogP contribution in [0.4, 0.5) is 0 Å². The standard InChI is InChI=1S/C33H61N9O9S2/c1-7-18(6)25(36)31(48)38-20(13-24(35)43)28(45)40-23(15-53)30(47)41-22(14-52)29(46)37-19(10-8-9-11-34)27(44)42-26(17(4)5)32(49)39-21(33(50)51)12-16(2)3/h16-23,25-26,52-53H,7-15,34,36H2,1-6H3,(H2,35,43)(H,37,46)(H,38,48)(H,39,49)(H,40,45)(H,41,47)(H,42,44)(H,50,51). The number of amides is 7. The van der Waals surface area contributed by atoms with E-state index in [4.69, 9.17) is 17.2 Å². The molecule has 0 saturated carbocycles. The third-order valence-corrected chi connectivity index (χ3v) is 9.11. The lowest BCUT2D eigenvalue weighted by atomic mass is 9.99. The van der Waals surface area contributed by atoms with Crippen LogP contribution in [0.15, 0.2) is 0 Å². The van der Waals surface area contributed by atoms with Crippen LogP contribution in [-0.2, 0) is 38.4 Å². The molecule has 304 valence electrons. The fraction of sp³-hybridized carbons (Fsp3) is 0.758. The molecule has 20 heteroatoms. The van der Waals surface area contributed by atoms with Crippen LogP contribution in [-0.4, -0.2) is 113 Å². The number of thiol groups is 2. The highest BCUT2D eigenvalue weighted by molar-refractivity contribution is 7.80. The van der Waals surface area contributed by atoms with Gasteiger partial charge in [0.2, 0.25) is 41.4 Å². The van der Waals surface area contributed by atoms with Crippen LogP contribution >= 0.6 is 25.3 Å². The van der Waals surface area contributed by atoms with E-state index in [1.807, 2.05) is 20.8 Å². The van der Waals surface area contributed by atoms with Crippen molar-refractivity contribution in [1.29, 1.82) is 0 Å². The Morgan fingerprint density at radius 1 is 0.642 bits per heavy atom. The monoisotopic (exact) mass is 791 g/mol. The van der Waals surface area contributed by atoms with E-state index in [1.54, 1.807) is 20.8 Å². The second-order valence-electron chi connectivity index (χ2n) is 13.7. The van der Waals surface area contributed by atoms with E-state index < -0.39 is 102 Å². The summed E-state index contributed by atoms with van der Waals surface area (Å²) in [5.74, 6) is -8.05. The lowest BCUT2D eigenvalue weighted by Gasteiger charge is -2.28. The maximum Gasteiger partial charge on any atom is 0.326 e. The second-order valence-corrected chi connectivity index (χ2v) is 14.5. The van der Waals surface area contributed by atoms with Gasteiger partial charge in [0.25, 0.3) is 0 Å². The van der Waals surface area contributed by atoms with Crippen molar-refractivity contribution in [3.05, 3.63) is 0 Å². The van der Waals surface area contributed by atoms with Crippen molar-refractivity contribution in [3.63, 3.8) is 0 Å². The van der Waals surface area contributed by atoms with Crippen LogP contribution in [0.5, 0.6) is 0 Å². The number of nitrogens with two attached hydrogens (primary N) is 3. The number of rotatable bonds is 26. The summed E-state index contributed by atoms with van der Waals surface area (Å²) >= 11 is 8.31. The minimum Gasteiger partial charge on any atom is -0.480 e.